The van der Waals surface area contributed by atoms with Crippen molar-refractivity contribution in [3.63, 3.8) is 0 Å². The van der Waals surface area contributed by atoms with E-state index < -0.39 is 15.8 Å². The van der Waals surface area contributed by atoms with Crippen LogP contribution in [0.3, 0.4) is 0 Å². The molecule has 2 N–H and O–H groups in total. The minimum absolute atomic E-state index is 0.0121. The number of rotatable bonds is 6. The van der Waals surface area contributed by atoms with E-state index in [1.807, 2.05) is 6.92 Å². The van der Waals surface area contributed by atoms with Crippen LogP contribution in [0.25, 0.3) is 0 Å². The van der Waals surface area contributed by atoms with Gasteiger partial charge in [-0.15, -0.1) is 0 Å². The highest BCUT2D eigenvalue weighted by Crippen LogP contribution is 2.32. The van der Waals surface area contributed by atoms with E-state index in [1.165, 1.54) is 6.07 Å². The molecule has 1 aromatic carbocycles. The summed E-state index contributed by atoms with van der Waals surface area (Å²) < 4.78 is 41.0. The fourth-order valence-electron chi connectivity index (χ4n) is 2.20. The van der Waals surface area contributed by atoms with Gasteiger partial charge in [-0.05, 0) is 42.9 Å². The maximum atomic E-state index is 13.9. The van der Waals surface area contributed by atoms with Crippen molar-refractivity contribution in [1.29, 1.82) is 0 Å². The van der Waals surface area contributed by atoms with Crippen LogP contribution in [0.4, 0.5) is 4.39 Å². The smallest absolute Gasteiger partial charge is 0.240 e. The molecule has 2 atom stereocenters. The van der Waals surface area contributed by atoms with Crippen molar-refractivity contribution in [2.45, 2.75) is 49.7 Å². The first-order valence-corrected chi connectivity index (χ1v) is 8.96. The minimum atomic E-state index is -3.69. The molecule has 3 rings (SSSR count). The number of halogens is 2. The fourth-order valence-corrected chi connectivity index (χ4v) is 3.79. The monoisotopic (exact) mass is 332 g/mol. The summed E-state index contributed by atoms with van der Waals surface area (Å²) in [5, 5.41) is 3.20. The van der Waals surface area contributed by atoms with E-state index in [0.29, 0.717) is 24.1 Å². The third-order valence-corrected chi connectivity index (χ3v) is 5.85. The molecule has 0 heterocycles. The molecule has 0 bridgehead atoms. The number of sulfonamides is 1. The number of hydrogen-bond acceptors (Lipinski definition) is 3. The van der Waals surface area contributed by atoms with Crippen LogP contribution in [0, 0.1) is 11.7 Å². The van der Waals surface area contributed by atoms with E-state index in [1.54, 1.807) is 0 Å². The maximum absolute atomic E-state index is 13.9. The second kappa shape index (κ2) is 5.50. The Bertz CT molecular complexity index is 661. The van der Waals surface area contributed by atoms with Crippen molar-refractivity contribution in [3.8, 4) is 0 Å². The summed E-state index contributed by atoms with van der Waals surface area (Å²) >= 11 is 5.93. The van der Waals surface area contributed by atoms with Gasteiger partial charge in [0, 0.05) is 18.6 Å². The molecule has 21 heavy (non-hydrogen) atoms. The van der Waals surface area contributed by atoms with Crippen molar-refractivity contribution in [3.05, 3.63) is 28.5 Å². The Hall–Kier alpha value is -0.690. The van der Waals surface area contributed by atoms with E-state index in [4.69, 9.17) is 11.6 Å². The van der Waals surface area contributed by atoms with E-state index in [0.717, 1.165) is 25.3 Å². The molecule has 0 saturated heterocycles. The van der Waals surface area contributed by atoms with Gasteiger partial charge in [-0.2, -0.15) is 0 Å². The minimum Gasteiger partial charge on any atom is -0.310 e. The summed E-state index contributed by atoms with van der Waals surface area (Å²) in [6.07, 6.45) is 3.02. The first-order valence-electron chi connectivity index (χ1n) is 7.10. The van der Waals surface area contributed by atoms with Crippen LogP contribution in [0.2, 0.25) is 5.02 Å². The average molecular weight is 333 g/mol. The fraction of sp³-hybridized carbons (Fsp3) is 0.571. The molecule has 0 spiro atoms. The van der Waals surface area contributed by atoms with Crippen LogP contribution >= 0.6 is 11.6 Å². The molecule has 0 radical (unpaired) electrons. The van der Waals surface area contributed by atoms with Crippen molar-refractivity contribution in [2.75, 3.05) is 0 Å². The third-order valence-electron chi connectivity index (χ3n) is 3.96. The summed E-state index contributed by atoms with van der Waals surface area (Å²) in [6.45, 7) is 2.35. The summed E-state index contributed by atoms with van der Waals surface area (Å²) in [5.74, 6) is -0.357. The Balaban J connectivity index is 1.83. The maximum Gasteiger partial charge on any atom is 0.240 e. The van der Waals surface area contributed by atoms with Crippen LogP contribution < -0.4 is 10.0 Å². The molecule has 2 fully saturated rings. The molecule has 2 saturated carbocycles. The van der Waals surface area contributed by atoms with Crippen molar-refractivity contribution >= 4 is 21.6 Å². The van der Waals surface area contributed by atoms with Crippen LogP contribution in [-0.2, 0) is 16.6 Å². The molecular formula is C14H18ClFN2O2S. The van der Waals surface area contributed by atoms with Gasteiger partial charge in [0.1, 0.15) is 5.82 Å². The zero-order valence-corrected chi connectivity index (χ0v) is 13.3. The zero-order chi connectivity index (χ0) is 15.2. The first-order chi connectivity index (χ1) is 9.87. The third kappa shape index (κ3) is 3.56. The summed E-state index contributed by atoms with van der Waals surface area (Å²) in [4.78, 5) is -0.0592. The van der Waals surface area contributed by atoms with E-state index >= 15 is 0 Å². The van der Waals surface area contributed by atoms with Gasteiger partial charge >= 0.3 is 0 Å². The van der Waals surface area contributed by atoms with Crippen LogP contribution in [0.5, 0.6) is 0 Å². The van der Waals surface area contributed by atoms with Gasteiger partial charge in [0.15, 0.2) is 0 Å². The number of nitrogens with one attached hydrogen (secondary N) is 2. The predicted octanol–water partition coefficient (Wildman–Crippen LogP) is 2.42. The Labute approximate surface area is 129 Å². The molecule has 116 valence electrons. The lowest BCUT2D eigenvalue weighted by atomic mass is 10.2. The van der Waals surface area contributed by atoms with Crippen LogP contribution in [0.15, 0.2) is 17.0 Å². The highest BCUT2D eigenvalue weighted by molar-refractivity contribution is 7.89. The van der Waals surface area contributed by atoms with Gasteiger partial charge in [-0.3, -0.25) is 0 Å². The Kier molecular flexibility index (Phi) is 3.98. The lowest BCUT2D eigenvalue weighted by Crippen LogP contribution is -2.27. The molecule has 2 unspecified atom stereocenters. The Morgan fingerprint density at radius 1 is 1.38 bits per heavy atom. The van der Waals surface area contributed by atoms with Crippen molar-refractivity contribution < 1.29 is 12.8 Å². The second-order valence-corrected chi connectivity index (χ2v) is 8.07. The molecule has 4 nitrogen and oxygen atoms in total. The van der Waals surface area contributed by atoms with Gasteiger partial charge in [0.05, 0.1) is 9.92 Å². The van der Waals surface area contributed by atoms with Gasteiger partial charge in [0.2, 0.25) is 10.0 Å². The first kappa shape index (κ1) is 15.2. The van der Waals surface area contributed by atoms with E-state index in [9.17, 15) is 12.8 Å². The highest BCUT2D eigenvalue weighted by Gasteiger charge is 2.36. The number of hydrogen-bond donors (Lipinski definition) is 2. The van der Waals surface area contributed by atoms with Gasteiger partial charge in [0.25, 0.3) is 0 Å². The van der Waals surface area contributed by atoms with E-state index in [2.05, 4.69) is 10.0 Å². The Morgan fingerprint density at radius 2 is 2.05 bits per heavy atom. The van der Waals surface area contributed by atoms with E-state index in [-0.39, 0.29) is 16.0 Å². The van der Waals surface area contributed by atoms with Gasteiger partial charge in [-0.25, -0.2) is 17.5 Å². The number of benzene rings is 1. The summed E-state index contributed by atoms with van der Waals surface area (Å²) in [7, 11) is -3.69. The normalized spacial score (nSPS) is 25.1. The average Bonchev–Trinajstić information content (AvgIpc) is 3.31. The molecule has 2 aliphatic rings. The van der Waals surface area contributed by atoms with Crippen LogP contribution in [-0.4, -0.2) is 20.5 Å². The molecule has 0 aliphatic heterocycles. The largest absolute Gasteiger partial charge is 0.310 e. The molecular weight excluding hydrogens is 315 g/mol. The topological polar surface area (TPSA) is 58.2 Å². The summed E-state index contributed by atoms with van der Waals surface area (Å²) in [5.41, 5.74) is 0.479. The lowest BCUT2D eigenvalue weighted by Gasteiger charge is -2.11. The van der Waals surface area contributed by atoms with Crippen molar-refractivity contribution in [1.82, 2.24) is 10.0 Å². The van der Waals surface area contributed by atoms with Crippen LogP contribution in [0.1, 0.15) is 31.7 Å². The standard InChI is InChI=1S/C14H18ClFN2O2S/c1-8-4-13(8)18-21(19,20)11-5-9(7-17-10-2-3-10)14(15)12(16)6-11/h5-6,8,10,13,17-18H,2-4,7H2,1H3. The molecule has 0 amide bonds. The second-order valence-electron chi connectivity index (χ2n) is 5.97. The van der Waals surface area contributed by atoms with Gasteiger partial charge < -0.3 is 5.32 Å². The highest BCUT2D eigenvalue weighted by atomic mass is 35.5. The predicted molar refractivity (Wildman–Crippen MR) is 79.2 cm³/mol. The van der Waals surface area contributed by atoms with Gasteiger partial charge in [-0.1, -0.05) is 18.5 Å². The molecule has 7 heteroatoms. The molecule has 0 aromatic heterocycles. The van der Waals surface area contributed by atoms with Crippen molar-refractivity contribution in [2.24, 2.45) is 5.92 Å². The lowest BCUT2D eigenvalue weighted by molar-refractivity contribution is 0.573. The molecule has 1 aromatic rings. The quantitative estimate of drug-likeness (QED) is 0.841. The molecule has 2 aliphatic carbocycles. The Morgan fingerprint density at radius 3 is 2.62 bits per heavy atom. The zero-order valence-electron chi connectivity index (χ0n) is 11.7. The SMILES string of the molecule is CC1CC1NS(=O)(=O)c1cc(F)c(Cl)c(CNC2CC2)c1. The summed E-state index contributed by atoms with van der Waals surface area (Å²) in [6, 6.07) is 2.84.